The molecule has 1 saturated heterocycles. The van der Waals surface area contributed by atoms with Crippen LogP contribution in [0.5, 0.6) is 0 Å². The van der Waals surface area contributed by atoms with Crippen LogP contribution in [0.2, 0.25) is 0 Å². The quantitative estimate of drug-likeness (QED) is 0.557. The van der Waals surface area contributed by atoms with Gasteiger partial charge in [0.25, 0.3) is 0 Å². The van der Waals surface area contributed by atoms with Crippen LogP contribution in [0.1, 0.15) is 19.3 Å². The van der Waals surface area contributed by atoms with Gasteiger partial charge in [0.1, 0.15) is 0 Å². The van der Waals surface area contributed by atoms with Crippen LogP contribution in [0.15, 0.2) is 6.07 Å². The molecule has 0 bridgehead atoms. The number of nitrogens with two attached hydrogens (primary N) is 1. The van der Waals surface area contributed by atoms with Crippen LogP contribution in [0.4, 0.5) is 20.4 Å². The molecule has 20 heavy (non-hydrogen) atoms. The van der Waals surface area contributed by atoms with Crippen molar-refractivity contribution in [2.24, 2.45) is 5.84 Å². The molecule has 0 radical (unpaired) electrons. The molecule has 0 aromatic carbocycles. The van der Waals surface area contributed by atoms with Crippen molar-refractivity contribution >= 4 is 17.5 Å². The molecule has 2 heterocycles. The first kappa shape index (κ1) is 14.4. The van der Waals surface area contributed by atoms with E-state index in [2.05, 4.69) is 10.3 Å². The zero-order valence-corrected chi connectivity index (χ0v) is 11.0. The molecule has 1 fully saturated rings. The second-order valence-corrected chi connectivity index (χ2v) is 4.56. The Hall–Kier alpha value is -1.96. The summed E-state index contributed by atoms with van der Waals surface area (Å²) < 4.78 is 26.6. The summed E-state index contributed by atoms with van der Waals surface area (Å²) >= 11 is 0. The lowest BCUT2D eigenvalue weighted by atomic mass is 10.3. The summed E-state index contributed by atoms with van der Waals surface area (Å²) in [7, 11) is 0. The summed E-state index contributed by atoms with van der Waals surface area (Å²) in [5.41, 5.74) is 2.04. The molecule has 6 nitrogen and oxygen atoms in total. The van der Waals surface area contributed by atoms with Gasteiger partial charge in [-0.05, 0) is 12.8 Å². The number of rotatable bonds is 5. The number of nitrogens with zero attached hydrogens (tertiary/aromatic N) is 2. The first-order valence-corrected chi connectivity index (χ1v) is 6.46. The molecule has 0 unspecified atom stereocenters. The number of carbonyl (C=O) groups excluding carboxylic acids is 1. The Bertz CT molecular complexity index is 491. The average molecular weight is 285 g/mol. The molecule has 8 heteroatoms. The maximum Gasteiger partial charge on any atom is 0.224 e. The van der Waals surface area contributed by atoms with Crippen molar-refractivity contribution in [3.63, 3.8) is 0 Å². The number of aromatic nitrogens is 1. The standard InChI is InChI=1S/C12H17F2N5O/c13-8-7-9(14)12(18-15)17-11(8)16-4-3-10(20)19-5-1-2-6-19/h7H,1-6,15H2,(H2,16,17,18). The SMILES string of the molecule is NNc1nc(NCCC(=O)N2CCCC2)c(F)cc1F. The number of hydrogen-bond donors (Lipinski definition) is 3. The molecule has 0 spiro atoms. The maximum absolute atomic E-state index is 13.5. The lowest BCUT2D eigenvalue weighted by Gasteiger charge is -2.15. The van der Waals surface area contributed by atoms with E-state index in [1.165, 1.54) is 0 Å². The Morgan fingerprint density at radius 3 is 2.60 bits per heavy atom. The zero-order chi connectivity index (χ0) is 14.5. The predicted octanol–water partition coefficient (Wildman–Crippen LogP) is 1.07. The van der Waals surface area contributed by atoms with Gasteiger partial charge in [-0.25, -0.2) is 19.6 Å². The Balaban J connectivity index is 1.88. The topological polar surface area (TPSA) is 83.3 Å². The number of pyridine rings is 1. The number of carbonyl (C=O) groups is 1. The van der Waals surface area contributed by atoms with Gasteiger partial charge in [-0.3, -0.25) is 4.79 Å². The fraction of sp³-hybridized carbons (Fsp3) is 0.500. The molecule has 1 aliphatic heterocycles. The molecule has 1 amide bonds. The van der Waals surface area contributed by atoms with Gasteiger partial charge in [0, 0.05) is 32.1 Å². The minimum Gasteiger partial charge on any atom is -0.367 e. The van der Waals surface area contributed by atoms with E-state index in [0.29, 0.717) is 6.07 Å². The number of nitrogen functional groups attached to an aromatic ring is 1. The number of likely N-dealkylation sites (tertiary alicyclic amines) is 1. The first-order chi connectivity index (χ1) is 9.61. The maximum atomic E-state index is 13.5. The van der Waals surface area contributed by atoms with Crippen LogP contribution in [0.25, 0.3) is 0 Å². The summed E-state index contributed by atoms with van der Waals surface area (Å²) in [6, 6.07) is 0.687. The smallest absolute Gasteiger partial charge is 0.224 e. The Morgan fingerprint density at radius 1 is 1.30 bits per heavy atom. The fourth-order valence-corrected chi connectivity index (χ4v) is 2.10. The molecule has 1 aromatic rings. The highest BCUT2D eigenvalue weighted by atomic mass is 19.1. The number of amides is 1. The Labute approximate surface area is 115 Å². The Morgan fingerprint density at radius 2 is 1.95 bits per heavy atom. The monoisotopic (exact) mass is 285 g/mol. The van der Waals surface area contributed by atoms with E-state index in [1.54, 1.807) is 4.90 Å². The highest BCUT2D eigenvalue weighted by molar-refractivity contribution is 5.76. The Kier molecular flexibility index (Phi) is 4.67. The second kappa shape index (κ2) is 6.47. The normalized spacial score (nSPS) is 14.4. The molecule has 110 valence electrons. The van der Waals surface area contributed by atoms with Gasteiger partial charge in [0.2, 0.25) is 5.91 Å². The van der Waals surface area contributed by atoms with Crippen molar-refractivity contribution in [2.75, 3.05) is 30.4 Å². The summed E-state index contributed by atoms with van der Waals surface area (Å²) in [5, 5.41) is 2.67. The van der Waals surface area contributed by atoms with Crippen LogP contribution in [0, 0.1) is 11.6 Å². The first-order valence-electron chi connectivity index (χ1n) is 6.46. The van der Waals surface area contributed by atoms with Gasteiger partial charge >= 0.3 is 0 Å². The van der Waals surface area contributed by atoms with Crippen LogP contribution >= 0.6 is 0 Å². The summed E-state index contributed by atoms with van der Waals surface area (Å²) in [4.78, 5) is 17.2. The van der Waals surface area contributed by atoms with Crippen molar-refractivity contribution in [3.05, 3.63) is 17.7 Å². The highest BCUT2D eigenvalue weighted by Crippen LogP contribution is 2.18. The van der Waals surface area contributed by atoms with Crippen LogP contribution in [-0.2, 0) is 4.79 Å². The van der Waals surface area contributed by atoms with E-state index in [0.717, 1.165) is 25.9 Å². The highest BCUT2D eigenvalue weighted by Gasteiger charge is 2.17. The van der Waals surface area contributed by atoms with Gasteiger partial charge < -0.3 is 15.6 Å². The number of halogens is 2. The molecule has 0 saturated carbocycles. The molecule has 1 aromatic heterocycles. The van der Waals surface area contributed by atoms with Crippen molar-refractivity contribution in [1.29, 1.82) is 0 Å². The number of hydrazine groups is 1. The van der Waals surface area contributed by atoms with Crippen molar-refractivity contribution in [2.45, 2.75) is 19.3 Å². The molecular weight excluding hydrogens is 268 g/mol. The van der Waals surface area contributed by atoms with Crippen LogP contribution in [0.3, 0.4) is 0 Å². The lowest BCUT2D eigenvalue weighted by molar-refractivity contribution is -0.129. The molecule has 0 aliphatic carbocycles. The summed E-state index contributed by atoms with van der Waals surface area (Å²) in [6.45, 7) is 1.79. The number of hydrogen-bond acceptors (Lipinski definition) is 5. The summed E-state index contributed by atoms with van der Waals surface area (Å²) in [5.74, 6) is 3.01. The molecule has 1 aliphatic rings. The van der Waals surface area contributed by atoms with Gasteiger partial charge in [-0.1, -0.05) is 0 Å². The second-order valence-electron chi connectivity index (χ2n) is 4.56. The molecule has 4 N–H and O–H groups in total. The van der Waals surface area contributed by atoms with E-state index in [4.69, 9.17) is 5.84 Å². The van der Waals surface area contributed by atoms with Crippen molar-refractivity contribution in [3.8, 4) is 0 Å². The number of nitrogens with one attached hydrogen (secondary N) is 2. The largest absolute Gasteiger partial charge is 0.367 e. The minimum atomic E-state index is -0.872. The molecule has 2 rings (SSSR count). The van der Waals surface area contributed by atoms with Gasteiger partial charge in [0.05, 0.1) is 0 Å². The van der Waals surface area contributed by atoms with E-state index in [1.807, 2.05) is 5.43 Å². The number of anilines is 2. The fourth-order valence-electron chi connectivity index (χ4n) is 2.10. The third-order valence-corrected chi connectivity index (χ3v) is 3.16. The van der Waals surface area contributed by atoms with Gasteiger partial charge in [-0.2, -0.15) is 0 Å². The predicted molar refractivity (Wildman–Crippen MR) is 70.9 cm³/mol. The van der Waals surface area contributed by atoms with Gasteiger partial charge in [-0.15, -0.1) is 0 Å². The van der Waals surface area contributed by atoms with E-state index < -0.39 is 11.6 Å². The third kappa shape index (κ3) is 3.32. The molecule has 0 atom stereocenters. The third-order valence-electron chi connectivity index (χ3n) is 3.16. The molecular formula is C12H17F2N5O. The van der Waals surface area contributed by atoms with Gasteiger partial charge in [0.15, 0.2) is 23.3 Å². The van der Waals surface area contributed by atoms with Crippen LogP contribution in [-0.4, -0.2) is 35.4 Å². The van der Waals surface area contributed by atoms with Crippen molar-refractivity contribution < 1.29 is 13.6 Å². The zero-order valence-electron chi connectivity index (χ0n) is 11.0. The van der Waals surface area contributed by atoms with Crippen LogP contribution < -0.4 is 16.6 Å². The minimum absolute atomic E-state index is 0.0229. The van der Waals surface area contributed by atoms with E-state index >= 15 is 0 Å². The summed E-state index contributed by atoms with van der Waals surface area (Å²) in [6.07, 6.45) is 2.29. The van der Waals surface area contributed by atoms with E-state index in [-0.39, 0.29) is 30.5 Å². The average Bonchev–Trinajstić information content (AvgIpc) is 2.95. The van der Waals surface area contributed by atoms with E-state index in [9.17, 15) is 13.6 Å². The van der Waals surface area contributed by atoms with Crippen molar-refractivity contribution in [1.82, 2.24) is 9.88 Å². The lowest BCUT2D eigenvalue weighted by Crippen LogP contribution is -2.29.